The molecule has 2 heterocycles. The van der Waals surface area contributed by atoms with Gasteiger partial charge in [-0.05, 0) is 41.8 Å². The second-order valence-corrected chi connectivity index (χ2v) is 8.54. The molecule has 0 radical (unpaired) electrons. The number of sulfonamides is 1. The summed E-state index contributed by atoms with van der Waals surface area (Å²) in [6.45, 7) is 1.45. The lowest BCUT2D eigenvalue weighted by atomic mass is 10.1. The minimum absolute atomic E-state index is 0.184. The van der Waals surface area contributed by atoms with Gasteiger partial charge in [0.25, 0.3) is 0 Å². The van der Waals surface area contributed by atoms with Crippen LogP contribution in [0.3, 0.4) is 0 Å². The van der Waals surface area contributed by atoms with Crippen LogP contribution in [0.15, 0.2) is 36.4 Å². The summed E-state index contributed by atoms with van der Waals surface area (Å²) in [5.74, 6) is 1.15. The van der Waals surface area contributed by atoms with Crippen LogP contribution in [0, 0.1) is 0 Å². The van der Waals surface area contributed by atoms with E-state index in [9.17, 15) is 13.2 Å². The van der Waals surface area contributed by atoms with Crippen LogP contribution >= 0.6 is 0 Å². The molecule has 0 aromatic heterocycles. The Morgan fingerprint density at radius 2 is 1.89 bits per heavy atom. The van der Waals surface area contributed by atoms with E-state index in [0.29, 0.717) is 49.1 Å². The molecule has 0 fully saturated rings. The molecule has 8 heteroatoms. The minimum Gasteiger partial charge on any atom is -0.486 e. The Morgan fingerprint density at radius 3 is 2.67 bits per heavy atom. The lowest BCUT2D eigenvalue weighted by molar-refractivity contribution is -0.115. The number of ether oxygens (including phenoxy) is 2. The van der Waals surface area contributed by atoms with Gasteiger partial charge in [0.05, 0.1) is 18.4 Å². The molecule has 2 aromatic carbocycles. The fourth-order valence-electron chi connectivity index (χ4n) is 3.36. The highest BCUT2D eigenvalue weighted by molar-refractivity contribution is 7.92. The third-order valence-corrected chi connectivity index (χ3v) is 5.77. The molecule has 142 valence electrons. The van der Waals surface area contributed by atoms with Gasteiger partial charge in [-0.25, -0.2) is 8.42 Å². The maximum atomic E-state index is 12.4. The average Bonchev–Trinajstić information content (AvgIpc) is 3.05. The molecule has 0 unspecified atom stereocenters. The van der Waals surface area contributed by atoms with E-state index in [0.717, 1.165) is 11.1 Å². The number of carbonyl (C=O) groups is 1. The molecule has 1 N–H and O–H groups in total. The lowest BCUT2D eigenvalue weighted by Crippen LogP contribution is -2.27. The van der Waals surface area contributed by atoms with Crippen LogP contribution in [0.2, 0.25) is 0 Å². The van der Waals surface area contributed by atoms with Crippen LogP contribution in [-0.4, -0.2) is 40.3 Å². The van der Waals surface area contributed by atoms with Gasteiger partial charge in [0, 0.05) is 12.2 Å². The van der Waals surface area contributed by atoms with E-state index >= 15 is 0 Å². The first kappa shape index (κ1) is 17.7. The van der Waals surface area contributed by atoms with Crippen molar-refractivity contribution in [2.75, 3.05) is 35.6 Å². The molecule has 0 bridgehead atoms. The maximum absolute atomic E-state index is 12.4. The summed E-state index contributed by atoms with van der Waals surface area (Å²) in [4.78, 5) is 12.4. The highest BCUT2D eigenvalue weighted by atomic mass is 32.2. The number of fused-ring (bicyclic) bond motifs is 2. The van der Waals surface area contributed by atoms with Gasteiger partial charge in [-0.2, -0.15) is 0 Å². The highest BCUT2D eigenvalue weighted by Gasteiger charge is 2.26. The van der Waals surface area contributed by atoms with Gasteiger partial charge in [0.2, 0.25) is 15.9 Å². The normalized spacial score (nSPS) is 15.4. The third-order valence-electron chi connectivity index (χ3n) is 4.59. The molecule has 7 nitrogen and oxygen atoms in total. The molecule has 4 rings (SSSR count). The first-order valence-electron chi connectivity index (χ1n) is 8.69. The molecule has 0 atom stereocenters. The number of amides is 1. The van der Waals surface area contributed by atoms with Crippen molar-refractivity contribution in [2.45, 2.75) is 12.8 Å². The van der Waals surface area contributed by atoms with Crippen LogP contribution < -0.4 is 19.1 Å². The summed E-state index contributed by atoms with van der Waals surface area (Å²) in [5, 5.41) is 2.84. The lowest BCUT2D eigenvalue weighted by Gasteiger charge is -2.19. The van der Waals surface area contributed by atoms with Crippen molar-refractivity contribution in [2.24, 2.45) is 0 Å². The van der Waals surface area contributed by atoms with Gasteiger partial charge in [-0.15, -0.1) is 0 Å². The van der Waals surface area contributed by atoms with E-state index in [2.05, 4.69) is 5.32 Å². The first-order chi connectivity index (χ1) is 12.9. The standard InChI is InChI=1S/C19H20N2O5S/c1-27(23,24)21-7-6-14-3-4-15(12-16(14)21)20-19(22)11-13-2-5-17-18(10-13)26-9-8-25-17/h2-5,10,12H,6-9,11H2,1H3,(H,20,22). The topological polar surface area (TPSA) is 84.9 Å². The fraction of sp³-hybridized carbons (Fsp3) is 0.316. The Bertz CT molecular complexity index is 1000. The van der Waals surface area contributed by atoms with Gasteiger partial charge >= 0.3 is 0 Å². The van der Waals surface area contributed by atoms with E-state index in [4.69, 9.17) is 9.47 Å². The quantitative estimate of drug-likeness (QED) is 0.866. The third kappa shape index (κ3) is 3.71. The second kappa shape index (κ2) is 6.77. The van der Waals surface area contributed by atoms with E-state index in [-0.39, 0.29) is 12.3 Å². The van der Waals surface area contributed by atoms with Crippen LogP contribution in [0.5, 0.6) is 11.5 Å². The van der Waals surface area contributed by atoms with Gasteiger partial charge in [-0.1, -0.05) is 12.1 Å². The number of nitrogens with one attached hydrogen (secondary N) is 1. The maximum Gasteiger partial charge on any atom is 0.232 e. The van der Waals surface area contributed by atoms with Crippen LogP contribution in [-0.2, 0) is 27.7 Å². The Balaban J connectivity index is 1.48. The SMILES string of the molecule is CS(=O)(=O)N1CCc2ccc(NC(=O)Cc3ccc4c(c3)OCCO4)cc21. The zero-order chi connectivity index (χ0) is 19.0. The Morgan fingerprint density at radius 1 is 1.11 bits per heavy atom. The monoisotopic (exact) mass is 388 g/mol. The van der Waals surface area contributed by atoms with E-state index < -0.39 is 10.0 Å². The Labute approximate surface area is 157 Å². The summed E-state index contributed by atoms with van der Waals surface area (Å²) in [6, 6.07) is 10.8. The van der Waals surface area contributed by atoms with Crippen molar-refractivity contribution in [1.29, 1.82) is 0 Å². The van der Waals surface area contributed by atoms with Crippen LogP contribution in [0.4, 0.5) is 11.4 Å². The molecule has 2 aromatic rings. The molecule has 0 aliphatic carbocycles. The van der Waals surface area contributed by atoms with Crippen molar-refractivity contribution in [3.63, 3.8) is 0 Å². The number of carbonyl (C=O) groups excluding carboxylic acids is 1. The predicted octanol–water partition coefficient (Wildman–Crippen LogP) is 1.96. The Hall–Kier alpha value is -2.74. The van der Waals surface area contributed by atoms with Crippen molar-refractivity contribution in [3.8, 4) is 11.5 Å². The van der Waals surface area contributed by atoms with Crippen molar-refractivity contribution in [1.82, 2.24) is 0 Å². The molecule has 2 aliphatic heterocycles. The number of nitrogens with zero attached hydrogens (tertiary/aromatic N) is 1. The van der Waals surface area contributed by atoms with Gasteiger partial charge < -0.3 is 14.8 Å². The molecule has 27 heavy (non-hydrogen) atoms. The summed E-state index contributed by atoms with van der Waals surface area (Å²) >= 11 is 0. The number of anilines is 2. The van der Waals surface area contributed by atoms with Crippen LogP contribution in [0.25, 0.3) is 0 Å². The van der Waals surface area contributed by atoms with Gasteiger partial charge in [0.15, 0.2) is 11.5 Å². The molecule has 2 aliphatic rings. The van der Waals surface area contributed by atoms with E-state index in [1.165, 1.54) is 10.6 Å². The highest BCUT2D eigenvalue weighted by Crippen LogP contribution is 2.33. The van der Waals surface area contributed by atoms with Crippen molar-refractivity contribution < 1.29 is 22.7 Å². The Kier molecular flexibility index (Phi) is 4.43. The zero-order valence-corrected chi connectivity index (χ0v) is 15.7. The molecule has 0 saturated carbocycles. The molecule has 1 amide bonds. The van der Waals surface area contributed by atoms with Crippen molar-refractivity contribution in [3.05, 3.63) is 47.5 Å². The van der Waals surface area contributed by atoms with E-state index in [1.807, 2.05) is 18.2 Å². The van der Waals surface area contributed by atoms with Gasteiger partial charge in [0.1, 0.15) is 13.2 Å². The summed E-state index contributed by atoms with van der Waals surface area (Å²) < 4.78 is 36.2. The van der Waals surface area contributed by atoms with Crippen molar-refractivity contribution >= 4 is 27.3 Å². The fourth-order valence-corrected chi connectivity index (χ4v) is 4.31. The zero-order valence-electron chi connectivity index (χ0n) is 14.9. The molecular formula is C19H20N2O5S. The molecular weight excluding hydrogens is 368 g/mol. The largest absolute Gasteiger partial charge is 0.486 e. The summed E-state index contributed by atoms with van der Waals surface area (Å²) in [7, 11) is -3.32. The number of benzene rings is 2. The molecule has 0 saturated heterocycles. The van der Waals surface area contributed by atoms with Crippen LogP contribution in [0.1, 0.15) is 11.1 Å². The average molecular weight is 388 g/mol. The smallest absolute Gasteiger partial charge is 0.232 e. The van der Waals surface area contributed by atoms with Gasteiger partial charge in [-0.3, -0.25) is 9.10 Å². The first-order valence-corrected chi connectivity index (χ1v) is 10.5. The van der Waals surface area contributed by atoms with E-state index in [1.54, 1.807) is 18.2 Å². The summed E-state index contributed by atoms with van der Waals surface area (Å²) in [5.41, 5.74) is 2.99. The molecule has 0 spiro atoms. The second-order valence-electron chi connectivity index (χ2n) is 6.63. The summed E-state index contributed by atoms with van der Waals surface area (Å²) in [6.07, 6.45) is 2.05. The number of rotatable bonds is 4. The predicted molar refractivity (Wildman–Crippen MR) is 102 cm³/mol. The number of hydrogen-bond donors (Lipinski definition) is 1. The number of hydrogen-bond acceptors (Lipinski definition) is 5. The minimum atomic E-state index is -3.32.